The second-order valence-corrected chi connectivity index (χ2v) is 6.05. The maximum Gasteiger partial charge on any atom is 0.338 e. The summed E-state index contributed by atoms with van der Waals surface area (Å²) in [5.74, 6) is -0.859. The number of nitrogens with one attached hydrogen (secondary N) is 1. The van der Waals surface area contributed by atoms with Crippen LogP contribution in [0.25, 0.3) is 0 Å². The smallest absolute Gasteiger partial charge is 0.338 e. The summed E-state index contributed by atoms with van der Waals surface area (Å²) < 4.78 is 5.30. The zero-order valence-electron chi connectivity index (χ0n) is 14.2. The van der Waals surface area contributed by atoms with E-state index in [2.05, 4.69) is 5.32 Å². The van der Waals surface area contributed by atoms with Crippen molar-refractivity contribution in [2.75, 3.05) is 18.4 Å². The van der Waals surface area contributed by atoms with Gasteiger partial charge in [-0.2, -0.15) is 0 Å². The maximum absolute atomic E-state index is 12.4. The zero-order chi connectivity index (χ0) is 17.5. The Bertz CT molecular complexity index is 590. The van der Waals surface area contributed by atoms with Crippen LogP contribution in [-0.2, 0) is 14.3 Å². The molecule has 0 radical (unpaired) electrons. The topological polar surface area (TPSA) is 75.7 Å². The normalized spacial score (nSPS) is 16.0. The molecule has 1 aromatic rings. The minimum atomic E-state index is -0.800. The van der Waals surface area contributed by atoms with Crippen LogP contribution in [0.3, 0.4) is 0 Å². The lowest BCUT2D eigenvalue weighted by Crippen LogP contribution is -2.40. The molecule has 1 unspecified atom stereocenters. The highest BCUT2D eigenvalue weighted by Gasteiger charge is 2.24. The van der Waals surface area contributed by atoms with E-state index < -0.39 is 12.1 Å². The Kier molecular flexibility index (Phi) is 6.35. The Balaban J connectivity index is 1.92. The molecule has 0 saturated carbocycles. The Morgan fingerprint density at radius 1 is 1.04 bits per heavy atom. The number of nitrogens with zero attached hydrogens (tertiary/aromatic N) is 1. The van der Waals surface area contributed by atoms with E-state index in [9.17, 15) is 14.4 Å². The first kappa shape index (κ1) is 18.0. The van der Waals surface area contributed by atoms with Crippen molar-refractivity contribution in [3.8, 4) is 0 Å². The van der Waals surface area contributed by atoms with Crippen LogP contribution in [0.4, 0.5) is 5.69 Å². The van der Waals surface area contributed by atoms with Crippen molar-refractivity contribution in [2.24, 2.45) is 0 Å². The number of carbonyl (C=O) groups excluding carboxylic acids is 3. The fourth-order valence-electron chi connectivity index (χ4n) is 2.72. The second kappa shape index (κ2) is 8.47. The fourth-order valence-corrected chi connectivity index (χ4v) is 2.72. The second-order valence-electron chi connectivity index (χ2n) is 6.05. The molecule has 1 fully saturated rings. The molecule has 0 spiro atoms. The van der Waals surface area contributed by atoms with Crippen LogP contribution in [0, 0.1) is 0 Å². The Morgan fingerprint density at radius 3 is 2.17 bits per heavy atom. The first-order chi connectivity index (χ1) is 11.5. The molecule has 1 N–H and O–H groups in total. The van der Waals surface area contributed by atoms with E-state index in [0.29, 0.717) is 11.3 Å². The zero-order valence-corrected chi connectivity index (χ0v) is 14.2. The molecule has 1 heterocycles. The third-order valence-corrected chi connectivity index (χ3v) is 3.99. The number of hydrogen-bond donors (Lipinski definition) is 1. The summed E-state index contributed by atoms with van der Waals surface area (Å²) in [5.41, 5.74) is 0.951. The summed E-state index contributed by atoms with van der Waals surface area (Å²) in [7, 11) is 0. The molecule has 1 aliphatic rings. The van der Waals surface area contributed by atoms with Crippen molar-refractivity contribution in [3.05, 3.63) is 29.8 Å². The van der Waals surface area contributed by atoms with E-state index in [1.807, 2.05) is 0 Å². The fraction of sp³-hybridized carbons (Fsp3) is 0.500. The van der Waals surface area contributed by atoms with Gasteiger partial charge in [-0.15, -0.1) is 0 Å². The number of benzene rings is 1. The highest BCUT2D eigenvalue weighted by atomic mass is 16.5. The van der Waals surface area contributed by atoms with Gasteiger partial charge in [0, 0.05) is 25.7 Å². The van der Waals surface area contributed by atoms with E-state index in [1.54, 1.807) is 36.1 Å². The number of anilines is 1. The predicted octanol–water partition coefficient (Wildman–Crippen LogP) is 2.59. The molecule has 24 heavy (non-hydrogen) atoms. The molecular weight excluding hydrogens is 308 g/mol. The molecule has 1 aromatic carbocycles. The molecule has 1 saturated heterocycles. The van der Waals surface area contributed by atoms with Crippen LogP contribution < -0.4 is 5.32 Å². The van der Waals surface area contributed by atoms with Crippen LogP contribution in [0.1, 0.15) is 49.9 Å². The molecule has 1 aliphatic heterocycles. The van der Waals surface area contributed by atoms with Gasteiger partial charge in [-0.05, 0) is 44.0 Å². The minimum Gasteiger partial charge on any atom is -0.449 e. The maximum atomic E-state index is 12.4. The molecule has 2 rings (SSSR count). The average molecular weight is 332 g/mol. The van der Waals surface area contributed by atoms with Crippen molar-refractivity contribution >= 4 is 23.5 Å². The van der Waals surface area contributed by atoms with Crippen LogP contribution in [0.2, 0.25) is 0 Å². The van der Waals surface area contributed by atoms with Crippen LogP contribution in [0.15, 0.2) is 24.3 Å². The number of amides is 2. The van der Waals surface area contributed by atoms with E-state index >= 15 is 0 Å². The van der Waals surface area contributed by atoms with Gasteiger partial charge in [0.05, 0.1) is 5.56 Å². The van der Waals surface area contributed by atoms with Crippen LogP contribution >= 0.6 is 0 Å². The number of carbonyl (C=O) groups is 3. The van der Waals surface area contributed by atoms with E-state index in [4.69, 9.17) is 4.74 Å². The van der Waals surface area contributed by atoms with Gasteiger partial charge in [-0.1, -0.05) is 12.8 Å². The number of rotatable bonds is 4. The number of hydrogen-bond acceptors (Lipinski definition) is 4. The number of ether oxygens (including phenoxy) is 1. The van der Waals surface area contributed by atoms with Gasteiger partial charge in [0.25, 0.3) is 5.91 Å². The van der Waals surface area contributed by atoms with Crippen molar-refractivity contribution in [3.63, 3.8) is 0 Å². The van der Waals surface area contributed by atoms with Crippen molar-refractivity contribution < 1.29 is 19.1 Å². The Hall–Kier alpha value is -2.37. The lowest BCUT2D eigenvalue weighted by Gasteiger charge is -2.24. The van der Waals surface area contributed by atoms with E-state index in [0.717, 1.165) is 38.8 Å². The van der Waals surface area contributed by atoms with Gasteiger partial charge in [0.15, 0.2) is 6.10 Å². The summed E-state index contributed by atoms with van der Waals surface area (Å²) >= 11 is 0. The largest absolute Gasteiger partial charge is 0.449 e. The molecule has 0 aliphatic carbocycles. The van der Waals surface area contributed by atoms with Gasteiger partial charge >= 0.3 is 5.97 Å². The van der Waals surface area contributed by atoms with Gasteiger partial charge in [0.2, 0.25) is 5.91 Å². The highest BCUT2D eigenvalue weighted by Crippen LogP contribution is 2.14. The summed E-state index contributed by atoms with van der Waals surface area (Å²) in [6.45, 7) is 4.48. The summed E-state index contributed by atoms with van der Waals surface area (Å²) in [6, 6.07) is 6.38. The summed E-state index contributed by atoms with van der Waals surface area (Å²) in [5, 5.41) is 2.63. The van der Waals surface area contributed by atoms with Crippen LogP contribution in [-0.4, -0.2) is 41.9 Å². The molecule has 130 valence electrons. The van der Waals surface area contributed by atoms with Crippen LogP contribution in [0.5, 0.6) is 0 Å². The number of likely N-dealkylation sites (tertiary alicyclic amines) is 1. The van der Waals surface area contributed by atoms with Gasteiger partial charge in [-0.3, -0.25) is 9.59 Å². The highest BCUT2D eigenvalue weighted by molar-refractivity contribution is 5.93. The van der Waals surface area contributed by atoms with Crippen molar-refractivity contribution in [2.45, 2.75) is 45.6 Å². The molecule has 0 bridgehead atoms. The van der Waals surface area contributed by atoms with Gasteiger partial charge in [-0.25, -0.2) is 4.79 Å². The SMILES string of the molecule is CC(=O)Nc1ccc(C(=O)OC(C)C(=O)N2CCCCCC2)cc1. The predicted molar refractivity (Wildman–Crippen MR) is 90.7 cm³/mol. The van der Waals surface area contributed by atoms with Crippen molar-refractivity contribution in [1.29, 1.82) is 0 Å². The van der Waals surface area contributed by atoms with E-state index in [1.165, 1.54) is 6.92 Å². The first-order valence-corrected chi connectivity index (χ1v) is 8.35. The quantitative estimate of drug-likeness (QED) is 0.860. The monoisotopic (exact) mass is 332 g/mol. The average Bonchev–Trinajstić information content (AvgIpc) is 2.83. The first-order valence-electron chi connectivity index (χ1n) is 8.35. The lowest BCUT2D eigenvalue weighted by atomic mass is 10.2. The van der Waals surface area contributed by atoms with Gasteiger partial charge in [0.1, 0.15) is 0 Å². The number of esters is 1. The third kappa shape index (κ3) is 5.08. The Labute approximate surface area is 142 Å². The summed E-state index contributed by atoms with van der Waals surface area (Å²) in [6.07, 6.45) is 3.47. The molecule has 0 aromatic heterocycles. The van der Waals surface area contributed by atoms with Crippen molar-refractivity contribution in [1.82, 2.24) is 4.90 Å². The molecule has 2 amide bonds. The van der Waals surface area contributed by atoms with Gasteiger partial charge < -0.3 is 15.0 Å². The lowest BCUT2D eigenvalue weighted by molar-refractivity contribution is -0.139. The molecule has 6 nitrogen and oxygen atoms in total. The standard InChI is InChI=1S/C18H24N2O4/c1-13(17(22)20-11-5-3-4-6-12-20)24-18(23)15-7-9-16(10-8-15)19-14(2)21/h7-10,13H,3-6,11-12H2,1-2H3,(H,19,21). The Morgan fingerprint density at radius 2 is 1.62 bits per heavy atom. The molecule has 6 heteroatoms. The molecular formula is C18H24N2O4. The minimum absolute atomic E-state index is 0.139. The third-order valence-electron chi connectivity index (χ3n) is 3.99. The van der Waals surface area contributed by atoms with E-state index in [-0.39, 0.29) is 11.8 Å². The summed E-state index contributed by atoms with van der Waals surface area (Å²) in [4.78, 5) is 37.3. The molecule has 1 atom stereocenters.